The highest BCUT2D eigenvalue weighted by Crippen LogP contribution is 2.31. The predicted octanol–water partition coefficient (Wildman–Crippen LogP) is 1.98. The number of fused-ring (bicyclic) bond motifs is 1. The van der Waals surface area contributed by atoms with E-state index in [9.17, 15) is 24.1 Å². The zero-order chi connectivity index (χ0) is 21.3. The van der Waals surface area contributed by atoms with Crippen molar-refractivity contribution in [3.63, 3.8) is 0 Å². The van der Waals surface area contributed by atoms with E-state index in [-0.39, 0.29) is 20.3 Å². The fraction of sp³-hybridized carbons (Fsp3) is 0.0952. The molecule has 6 nitrogen and oxygen atoms in total. The molecule has 0 aliphatic carbocycles. The molecule has 3 aromatic rings. The van der Waals surface area contributed by atoms with Crippen molar-refractivity contribution in [2.75, 3.05) is 13.2 Å². The summed E-state index contributed by atoms with van der Waals surface area (Å²) in [5.74, 6) is -0.636. The van der Waals surface area contributed by atoms with Gasteiger partial charge in [0.25, 0.3) is 5.56 Å². The number of aromatic nitrogens is 1. The molecule has 0 saturated carbocycles. The first-order chi connectivity index (χ1) is 14.5. The molecule has 0 atom stereocenters. The molecule has 0 amide bonds. The van der Waals surface area contributed by atoms with E-state index in [1.807, 2.05) is 0 Å². The maximum absolute atomic E-state index is 14.1. The van der Waals surface area contributed by atoms with Crippen molar-refractivity contribution in [3.05, 3.63) is 73.1 Å². The van der Waals surface area contributed by atoms with Crippen LogP contribution in [0, 0.1) is 34.3 Å². The third-order valence-corrected chi connectivity index (χ3v) is 5.39. The molecular weight excluding hydrogens is 412 g/mol. The number of thiazole rings is 1. The minimum absolute atomic E-state index is 0.00564. The molecule has 4 rings (SSSR count). The summed E-state index contributed by atoms with van der Waals surface area (Å²) in [6, 6.07) is 11.3. The van der Waals surface area contributed by atoms with Gasteiger partial charge in [0.2, 0.25) is 0 Å². The summed E-state index contributed by atoms with van der Waals surface area (Å²) in [7, 11) is 0. The van der Waals surface area contributed by atoms with Crippen molar-refractivity contribution in [2.45, 2.75) is 0 Å². The van der Waals surface area contributed by atoms with Gasteiger partial charge in [-0.2, -0.15) is 10.5 Å². The number of ether oxygens (including phenoxy) is 2. The van der Waals surface area contributed by atoms with Crippen molar-refractivity contribution in [1.82, 2.24) is 4.57 Å². The van der Waals surface area contributed by atoms with Gasteiger partial charge in [-0.15, -0.1) is 11.3 Å². The van der Waals surface area contributed by atoms with Crippen LogP contribution in [0.1, 0.15) is 5.56 Å². The minimum atomic E-state index is -0.833. The Balaban J connectivity index is 2.01. The molecule has 0 bridgehead atoms. The molecule has 2 aromatic carbocycles. The van der Waals surface area contributed by atoms with Crippen LogP contribution >= 0.6 is 11.3 Å². The lowest BCUT2D eigenvalue weighted by Gasteiger charge is -2.18. The van der Waals surface area contributed by atoms with Gasteiger partial charge < -0.3 is 9.47 Å². The maximum atomic E-state index is 14.1. The van der Waals surface area contributed by atoms with E-state index in [2.05, 4.69) is 0 Å². The Labute approximate surface area is 172 Å². The third-order valence-electron chi connectivity index (χ3n) is 4.29. The van der Waals surface area contributed by atoms with Crippen LogP contribution in [0.5, 0.6) is 11.5 Å². The smallest absolute Gasteiger partial charge is 0.273 e. The highest BCUT2D eigenvalue weighted by molar-refractivity contribution is 7.07. The standard InChI is InChI=1S/C21H11F2N3O3S/c22-14-2-1-12(16(23)8-14)7-19-20(27)26(21(30-19)13(10-24)11-25)15-3-4-17-18(9-15)29-6-5-28-17/h1-4,7-9H,5-6H2/b19-7-. The lowest BCUT2D eigenvalue weighted by Crippen LogP contribution is -2.30. The lowest BCUT2D eigenvalue weighted by molar-refractivity contribution is 0.171. The largest absolute Gasteiger partial charge is 0.486 e. The van der Waals surface area contributed by atoms with Crippen molar-refractivity contribution >= 4 is 23.0 Å². The first-order valence-corrected chi connectivity index (χ1v) is 9.46. The molecule has 0 unspecified atom stereocenters. The van der Waals surface area contributed by atoms with E-state index in [0.717, 1.165) is 17.4 Å². The number of nitriles is 2. The van der Waals surface area contributed by atoms with Crippen molar-refractivity contribution in [2.24, 2.45) is 0 Å². The molecule has 148 valence electrons. The van der Waals surface area contributed by atoms with Gasteiger partial charge in [0, 0.05) is 17.7 Å². The van der Waals surface area contributed by atoms with E-state index in [0.29, 0.717) is 36.5 Å². The first kappa shape index (κ1) is 19.4. The Bertz CT molecular complexity index is 1410. The Morgan fingerprint density at radius 2 is 1.80 bits per heavy atom. The average molecular weight is 423 g/mol. The molecule has 9 heteroatoms. The number of nitrogens with zero attached hydrogens (tertiary/aromatic N) is 3. The summed E-state index contributed by atoms with van der Waals surface area (Å²) in [5, 5.41) is 18.7. The SMILES string of the molecule is N#CC(C#N)=c1s/c(=C\c2ccc(F)cc2F)c(=O)n1-c1ccc2c(c1)OCCO2. The van der Waals surface area contributed by atoms with Gasteiger partial charge in [-0.25, -0.2) is 8.78 Å². The van der Waals surface area contributed by atoms with Crippen LogP contribution in [0.3, 0.4) is 0 Å². The van der Waals surface area contributed by atoms with Gasteiger partial charge in [-0.3, -0.25) is 9.36 Å². The van der Waals surface area contributed by atoms with Gasteiger partial charge >= 0.3 is 0 Å². The van der Waals surface area contributed by atoms with Crippen LogP contribution in [0.25, 0.3) is 17.3 Å². The number of rotatable bonds is 2. The Hall–Kier alpha value is -3.95. The molecule has 0 radical (unpaired) electrons. The van der Waals surface area contributed by atoms with Gasteiger partial charge in [0.05, 0.1) is 10.2 Å². The second-order valence-corrected chi connectivity index (χ2v) is 7.18. The normalized spacial score (nSPS) is 12.9. The Kier molecular flexibility index (Phi) is 5.05. The second-order valence-electron chi connectivity index (χ2n) is 6.15. The summed E-state index contributed by atoms with van der Waals surface area (Å²) < 4.78 is 39.6. The zero-order valence-electron chi connectivity index (χ0n) is 15.2. The van der Waals surface area contributed by atoms with Crippen LogP contribution < -0.4 is 24.2 Å². The summed E-state index contributed by atoms with van der Waals surface area (Å²) in [4.78, 5) is 13.1. The highest BCUT2D eigenvalue weighted by Gasteiger charge is 2.16. The van der Waals surface area contributed by atoms with Crippen LogP contribution in [0.2, 0.25) is 0 Å². The summed E-state index contributed by atoms with van der Waals surface area (Å²) in [5.41, 5.74) is -0.464. The predicted molar refractivity (Wildman–Crippen MR) is 105 cm³/mol. The van der Waals surface area contributed by atoms with Crippen LogP contribution in [0.15, 0.2) is 41.2 Å². The van der Waals surface area contributed by atoms with E-state index in [1.165, 1.54) is 16.7 Å². The van der Waals surface area contributed by atoms with E-state index in [4.69, 9.17) is 9.47 Å². The third kappa shape index (κ3) is 3.43. The number of hydrogen-bond acceptors (Lipinski definition) is 6. The Morgan fingerprint density at radius 3 is 2.50 bits per heavy atom. The van der Waals surface area contributed by atoms with Crippen molar-refractivity contribution in [1.29, 1.82) is 10.5 Å². The zero-order valence-corrected chi connectivity index (χ0v) is 16.0. The average Bonchev–Trinajstić information content (AvgIpc) is 3.06. The molecule has 0 spiro atoms. The maximum Gasteiger partial charge on any atom is 0.273 e. The van der Waals surface area contributed by atoms with E-state index >= 15 is 0 Å². The van der Waals surface area contributed by atoms with Crippen LogP contribution in [0.4, 0.5) is 8.78 Å². The van der Waals surface area contributed by atoms with Gasteiger partial charge in [0.1, 0.15) is 41.6 Å². The van der Waals surface area contributed by atoms with Gasteiger partial charge in [-0.1, -0.05) is 0 Å². The molecule has 2 heterocycles. The molecule has 0 N–H and O–H groups in total. The molecular formula is C21H11F2N3O3S. The van der Waals surface area contributed by atoms with Crippen LogP contribution in [-0.4, -0.2) is 17.8 Å². The molecule has 30 heavy (non-hydrogen) atoms. The molecule has 0 fully saturated rings. The number of halogens is 2. The number of hydrogen-bond donors (Lipinski definition) is 0. The van der Waals surface area contributed by atoms with Gasteiger partial charge in [0.15, 0.2) is 17.1 Å². The monoisotopic (exact) mass is 423 g/mol. The van der Waals surface area contributed by atoms with Crippen LogP contribution in [-0.2, 0) is 0 Å². The highest BCUT2D eigenvalue weighted by atomic mass is 32.1. The fourth-order valence-electron chi connectivity index (χ4n) is 2.94. The quantitative estimate of drug-likeness (QED) is 0.629. The first-order valence-electron chi connectivity index (χ1n) is 8.65. The lowest BCUT2D eigenvalue weighted by atomic mass is 10.2. The fourth-order valence-corrected chi connectivity index (χ4v) is 3.98. The minimum Gasteiger partial charge on any atom is -0.486 e. The van der Waals surface area contributed by atoms with E-state index in [1.54, 1.807) is 30.3 Å². The topological polar surface area (TPSA) is 88.0 Å². The molecule has 1 aliphatic rings. The summed E-state index contributed by atoms with van der Waals surface area (Å²) in [6.07, 6.45) is 1.26. The van der Waals surface area contributed by atoms with Gasteiger partial charge in [-0.05, 0) is 30.3 Å². The summed E-state index contributed by atoms with van der Waals surface area (Å²) in [6.45, 7) is 0.748. The Morgan fingerprint density at radius 1 is 1.07 bits per heavy atom. The number of benzene rings is 2. The van der Waals surface area contributed by atoms with Crippen molar-refractivity contribution in [3.8, 4) is 29.3 Å². The molecule has 0 saturated heterocycles. The van der Waals surface area contributed by atoms with E-state index < -0.39 is 17.2 Å². The molecule has 1 aromatic heterocycles. The second kappa shape index (κ2) is 7.82. The van der Waals surface area contributed by atoms with Crippen molar-refractivity contribution < 1.29 is 18.3 Å². The molecule has 1 aliphatic heterocycles. The summed E-state index contributed by atoms with van der Waals surface area (Å²) >= 11 is 0.864.